The number of hydrogen-bond donors (Lipinski definition) is 1. The molecule has 2 aliphatic rings. The summed E-state index contributed by atoms with van der Waals surface area (Å²) in [6.07, 6.45) is 0. The first-order chi connectivity index (χ1) is 11.7. The number of hydrogen-bond acceptors (Lipinski definition) is 3. The van der Waals surface area contributed by atoms with Crippen LogP contribution in [0.4, 0.5) is 9.18 Å². The van der Waals surface area contributed by atoms with E-state index in [1.807, 2.05) is 4.90 Å². The minimum Gasteiger partial charge on any atom is -0.481 e. The lowest BCUT2D eigenvalue weighted by Crippen LogP contribution is -2.44. The molecule has 2 saturated heterocycles. The highest BCUT2D eigenvalue weighted by molar-refractivity contribution is 6.31. The smallest absolute Gasteiger partial charge is 0.319 e. The van der Waals surface area contributed by atoms with Crippen molar-refractivity contribution in [2.45, 2.75) is 6.54 Å². The van der Waals surface area contributed by atoms with E-state index in [9.17, 15) is 19.1 Å². The number of carbonyl (C=O) groups is 2. The van der Waals surface area contributed by atoms with Crippen LogP contribution in [0.25, 0.3) is 0 Å². The molecule has 0 aliphatic carbocycles. The van der Waals surface area contributed by atoms with E-state index < -0.39 is 17.2 Å². The summed E-state index contributed by atoms with van der Waals surface area (Å²) < 4.78 is 13.2. The Bertz CT molecular complexity index is 714. The normalized spacial score (nSPS) is 25.9. The number of amides is 2. The second kappa shape index (κ2) is 6.46. The number of aliphatic carboxylic acids is 1. The Hall–Kier alpha value is -1.86. The first-order valence-electron chi connectivity index (χ1n) is 8.09. The summed E-state index contributed by atoms with van der Waals surface area (Å²) in [4.78, 5) is 29.3. The molecule has 8 heteroatoms. The van der Waals surface area contributed by atoms with E-state index in [2.05, 4.69) is 0 Å². The summed E-state index contributed by atoms with van der Waals surface area (Å²) in [6.45, 7) is 2.01. The van der Waals surface area contributed by atoms with Gasteiger partial charge < -0.3 is 14.9 Å². The zero-order valence-electron chi connectivity index (χ0n) is 14.2. The van der Waals surface area contributed by atoms with Crippen LogP contribution in [-0.2, 0) is 11.3 Å². The second-order valence-corrected chi connectivity index (χ2v) is 7.53. The lowest BCUT2D eigenvalue weighted by Gasteiger charge is -2.27. The van der Waals surface area contributed by atoms with Gasteiger partial charge in [-0.2, -0.15) is 0 Å². The maximum atomic E-state index is 13.2. The molecule has 25 heavy (non-hydrogen) atoms. The van der Waals surface area contributed by atoms with Gasteiger partial charge in [-0.25, -0.2) is 9.18 Å². The molecule has 1 aromatic rings. The van der Waals surface area contributed by atoms with Crippen LogP contribution in [0.5, 0.6) is 0 Å². The second-order valence-electron chi connectivity index (χ2n) is 7.12. The zero-order valence-corrected chi connectivity index (χ0v) is 15.0. The van der Waals surface area contributed by atoms with E-state index >= 15 is 0 Å². The fourth-order valence-electron chi connectivity index (χ4n) is 3.91. The summed E-state index contributed by atoms with van der Waals surface area (Å²) in [5, 5.41) is 10.2. The van der Waals surface area contributed by atoms with Crippen molar-refractivity contribution < 1.29 is 19.1 Å². The molecule has 2 aliphatic heterocycles. The zero-order chi connectivity index (χ0) is 18.4. The standard InChI is InChI=1S/C17H21ClFN3O3/c1-20(2)16(25)22-8-12-7-21(9-17(12,10-22)15(23)24)6-11-3-4-13(19)5-14(11)18/h3-5,12H,6-10H2,1-2H3,(H,23,24)/t12-,17-/m1/s1. The Morgan fingerprint density at radius 1 is 1.36 bits per heavy atom. The van der Waals surface area contributed by atoms with Gasteiger partial charge in [-0.15, -0.1) is 0 Å². The van der Waals surface area contributed by atoms with Gasteiger partial charge in [-0.1, -0.05) is 17.7 Å². The summed E-state index contributed by atoms with van der Waals surface area (Å²) >= 11 is 6.08. The third-order valence-electron chi connectivity index (χ3n) is 5.17. The summed E-state index contributed by atoms with van der Waals surface area (Å²) in [5.41, 5.74) is -0.192. The van der Waals surface area contributed by atoms with Gasteiger partial charge in [-0.05, 0) is 17.7 Å². The van der Waals surface area contributed by atoms with Crippen molar-refractivity contribution in [3.8, 4) is 0 Å². The van der Waals surface area contributed by atoms with E-state index in [4.69, 9.17) is 11.6 Å². The highest BCUT2D eigenvalue weighted by Crippen LogP contribution is 2.43. The molecule has 0 spiro atoms. The molecular weight excluding hydrogens is 349 g/mol. The third-order valence-corrected chi connectivity index (χ3v) is 5.52. The van der Waals surface area contributed by atoms with Crippen LogP contribution in [0.3, 0.4) is 0 Å². The van der Waals surface area contributed by atoms with E-state index in [1.165, 1.54) is 17.0 Å². The fourth-order valence-corrected chi connectivity index (χ4v) is 4.14. The predicted molar refractivity (Wildman–Crippen MR) is 90.9 cm³/mol. The molecule has 3 rings (SSSR count). The molecule has 2 fully saturated rings. The number of halogens is 2. The number of carbonyl (C=O) groups excluding carboxylic acids is 1. The minimum absolute atomic E-state index is 0.131. The summed E-state index contributed by atoms with van der Waals surface area (Å²) in [6, 6.07) is 4.07. The predicted octanol–water partition coefficient (Wildman–Crippen LogP) is 1.98. The lowest BCUT2D eigenvalue weighted by molar-refractivity contribution is -0.148. The van der Waals surface area contributed by atoms with Gasteiger partial charge >= 0.3 is 12.0 Å². The van der Waals surface area contributed by atoms with E-state index in [0.29, 0.717) is 31.2 Å². The molecule has 6 nitrogen and oxygen atoms in total. The van der Waals surface area contributed by atoms with Crippen LogP contribution in [0, 0.1) is 17.2 Å². The quantitative estimate of drug-likeness (QED) is 0.885. The maximum absolute atomic E-state index is 13.2. The molecule has 0 saturated carbocycles. The molecule has 1 aromatic carbocycles. The van der Waals surface area contributed by atoms with E-state index in [0.717, 1.165) is 5.56 Å². The average molecular weight is 370 g/mol. The topological polar surface area (TPSA) is 64.1 Å². The van der Waals surface area contributed by atoms with Gasteiger partial charge in [0.25, 0.3) is 0 Å². The van der Waals surface area contributed by atoms with Gasteiger partial charge in [0, 0.05) is 57.8 Å². The van der Waals surface area contributed by atoms with Crippen molar-refractivity contribution in [2.75, 3.05) is 40.3 Å². The number of likely N-dealkylation sites (tertiary alicyclic amines) is 2. The van der Waals surface area contributed by atoms with Crippen molar-refractivity contribution in [3.63, 3.8) is 0 Å². The van der Waals surface area contributed by atoms with Gasteiger partial charge in [-0.3, -0.25) is 9.69 Å². The van der Waals surface area contributed by atoms with Gasteiger partial charge in [0.05, 0.1) is 0 Å². The largest absolute Gasteiger partial charge is 0.481 e. The molecule has 2 amide bonds. The van der Waals surface area contributed by atoms with Crippen LogP contribution in [0.15, 0.2) is 18.2 Å². The maximum Gasteiger partial charge on any atom is 0.319 e. The number of carboxylic acid groups (broad SMARTS) is 1. The summed E-state index contributed by atoms with van der Waals surface area (Å²) in [7, 11) is 3.32. The molecule has 0 radical (unpaired) electrons. The molecule has 2 atom stereocenters. The lowest BCUT2D eigenvalue weighted by atomic mass is 9.81. The number of nitrogens with zero attached hydrogens (tertiary/aromatic N) is 3. The molecule has 2 heterocycles. The first kappa shape index (κ1) is 17.9. The Morgan fingerprint density at radius 3 is 2.64 bits per heavy atom. The Kier molecular flexibility index (Phi) is 4.64. The van der Waals surface area contributed by atoms with Gasteiger partial charge in [0.1, 0.15) is 11.2 Å². The van der Waals surface area contributed by atoms with Crippen LogP contribution in [0.1, 0.15) is 5.56 Å². The van der Waals surface area contributed by atoms with Crippen molar-refractivity contribution in [1.29, 1.82) is 0 Å². The van der Waals surface area contributed by atoms with E-state index in [-0.39, 0.29) is 18.5 Å². The third kappa shape index (κ3) is 3.18. The molecule has 1 N–H and O–H groups in total. The number of carboxylic acids is 1. The van der Waals surface area contributed by atoms with Gasteiger partial charge in [0.15, 0.2) is 0 Å². The van der Waals surface area contributed by atoms with Crippen molar-refractivity contribution in [1.82, 2.24) is 14.7 Å². The minimum atomic E-state index is -0.960. The highest BCUT2D eigenvalue weighted by Gasteiger charge is 2.58. The number of benzene rings is 1. The highest BCUT2D eigenvalue weighted by atomic mass is 35.5. The summed E-state index contributed by atoms with van der Waals surface area (Å²) in [5.74, 6) is -1.40. The Labute approximate surface area is 150 Å². The number of fused-ring (bicyclic) bond motifs is 1. The molecular formula is C17H21ClFN3O3. The van der Waals surface area contributed by atoms with Crippen LogP contribution >= 0.6 is 11.6 Å². The molecule has 0 bridgehead atoms. The molecule has 0 unspecified atom stereocenters. The van der Waals surface area contributed by atoms with Crippen LogP contribution < -0.4 is 0 Å². The van der Waals surface area contributed by atoms with E-state index in [1.54, 1.807) is 25.1 Å². The monoisotopic (exact) mass is 369 g/mol. The number of urea groups is 1. The Balaban J connectivity index is 1.75. The van der Waals surface area contributed by atoms with Gasteiger partial charge in [0.2, 0.25) is 0 Å². The first-order valence-corrected chi connectivity index (χ1v) is 8.46. The van der Waals surface area contributed by atoms with Crippen molar-refractivity contribution in [3.05, 3.63) is 34.6 Å². The number of rotatable bonds is 3. The fraction of sp³-hybridized carbons (Fsp3) is 0.529. The van der Waals surface area contributed by atoms with Crippen LogP contribution in [-0.4, -0.2) is 72.1 Å². The molecule has 136 valence electrons. The Morgan fingerprint density at radius 2 is 2.08 bits per heavy atom. The SMILES string of the molecule is CN(C)C(=O)N1C[C@H]2CN(Cc3ccc(F)cc3Cl)C[C@@]2(C(=O)O)C1. The average Bonchev–Trinajstić information content (AvgIpc) is 3.04. The van der Waals surface area contributed by atoms with Crippen molar-refractivity contribution in [2.24, 2.45) is 11.3 Å². The van der Waals surface area contributed by atoms with Crippen LogP contribution in [0.2, 0.25) is 5.02 Å². The van der Waals surface area contributed by atoms with Crippen molar-refractivity contribution >= 4 is 23.6 Å². The molecule has 0 aromatic heterocycles.